The number of anilines is 2. The van der Waals surface area contributed by atoms with Gasteiger partial charge in [-0.05, 0) is 18.4 Å². The first-order valence-electron chi connectivity index (χ1n) is 6.40. The molecule has 0 atom stereocenters. The third-order valence-electron chi connectivity index (χ3n) is 3.52. The molecule has 5 nitrogen and oxygen atoms in total. The average molecular weight is 249 g/mol. The molecule has 0 heterocycles. The molecule has 0 radical (unpaired) electrons. The highest BCUT2D eigenvalue weighted by Gasteiger charge is 2.16. The van der Waals surface area contributed by atoms with Crippen LogP contribution < -0.4 is 10.6 Å². The Hall–Kier alpha value is -1.78. The first kappa shape index (κ1) is 12.7. The molecule has 5 heteroatoms. The summed E-state index contributed by atoms with van der Waals surface area (Å²) >= 11 is 0. The lowest BCUT2D eigenvalue weighted by atomic mass is 9.83. The number of nitro groups is 1. The van der Waals surface area contributed by atoms with Gasteiger partial charge in [0.2, 0.25) is 0 Å². The maximum absolute atomic E-state index is 10.8. The van der Waals surface area contributed by atoms with Crippen LogP contribution in [0.25, 0.3) is 0 Å². The predicted octanol–water partition coefficient (Wildman–Crippen LogP) is 3.24. The Morgan fingerprint density at radius 3 is 2.61 bits per heavy atom. The molecule has 0 aromatic heterocycles. The molecule has 1 saturated carbocycles. The first-order chi connectivity index (χ1) is 8.69. The number of nitro benzene ring substituents is 1. The van der Waals surface area contributed by atoms with E-state index >= 15 is 0 Å². The third-order valence-corrected chi connectivity index (χ3v) is 3.52. The molecule has 0 amide bonds. The van der Waals surface area contributed by atoms with Crippen molar-refractivity contribution in [2.75, 3.05) is 24.2 Å². The number of non-ortho nitro benzene ring substituents is 1. The van der Waals surface area contributed by atoms with Crippen LogP contribution in [0.5, 0.6) is 0 Å². The van der Waals surface area contributed by atoms with Gasteiger partial charge < -0.3 is 10.6 Å². The summed E-state index contributed by atoms with van der Waals surface area (Å²) in [5.74, 6) is 0.847. The van der Waals surface area contributed by atoms with Crippen molar-refractivity contribution in [3.05, 3.63) is 28.3 Å². The Kier molecular flexibility index (Phi) is 4.02. The van der Waals surface area contributed by atoms with Gasteiger partial charge in [-0.3, -0.25) is 10.1 Å². The quantitative estimate of drug-likeness (QED) is 0.600. The zero-order valence-electron chi connectivity index (χ0n) is 10.6. The van der Waals surface area contributed by atoms with Gasteiger partial charge in [0, 0.05) is 37.1 Å². The van der Waals surface area contributed by atoms with Crippen molar-refractivity contribution in [2.45, 2.75) is 25.7 Å². The Morgan fingerprint density at radius 2 is 2.06 bits per heavy atom. The monoisotopic (exact) mass is 249 g/mol. The second kappa shape index (κ2) is 5.71. The summed E-state index contributed by atoms with van der Waals surface area (Å²) < 4.78 is 0. The van der Waals surface area contributed by atoms with Crippen molar-refractivity contribution < 1.29 is 4.92 Å². The van der Waals surface area contributed by atoms with Gasteiger partial charge in [0.05, 0.1) is 4.92 Å². The summed E-state index contributed by atoms with van der Waals surface area (Å²) in [5, 5.41) is 17.0. The normalized spacial score (nSPS) is 14.9. The smallest absolute Gasteiger partial charge is 0.273 e. The number of hydrogen-bond acceptors (Lipinski definition) is 4. The molecular weight excluding hydrogens is 230 g/mol. The minimum atomic E-state index is -0.363. The molecule has 1 fully saturated rings. The summed E-state index contributed by atoms with van der Waals surface area (Å²) in [4.78, 5) is 10.4. The summed E-state index contributed by atoms with van der Waals surface area (Å²) in [6, 6.07) is 5.02. The molecule has 0 spiro atoms. The Morgan fingerprint density at radius 1 is 1.33 bits per heavy atom. The first-order valence-corrected chi connectivity index (χ1v) is 6.40. The van der Waals surface area contributed by atoms with E-state index in [1.165, 1.54) is 25.3 Å². The van der Waals surface area contributed by atoms with Crippen LogP contribution in [0.3, 0.4) is 0 Å². The zero-order valence-corrected chi connectivity index (χ0v) is 10.6. The lowest BCUT2D eigenvalue weighted by Crippen LogP contribution is -2.15. The zero-order chi connectivity index (χ0) is 13.0. The number of nitrogens with zero attached hydrogens (tertiary/aromatic N) is 1. The van der Waals surface area contributed by atoms with Gasteiger partial charge in [-0.1, -0.05) is 19.3 Å². The fourth-order valence-electron chi connectivity index (χ4n) is 2.17. The highest BCUT2D eigenvalue weighted by Crippen LogP contribution is 2.29. The van der Waals surface area contributed by atoms with Gasteiger partial charge in [-0.2, -0.15) is 0 Å². The Balaban J connectivity index is 1.96. The molecule has 2 rings (SSSR count). The second-order valence-electron chi connectivity index (χ2n) is 4.79. The van der Waals surface area contributed by atoms with Crippen LogP contribution in [0.4, 0.5) is 17.1 Å². The largest absolute Gasteiger partial charge is 0.388 e. The third kappa shape index (κ3) is 3.12. The molecular formula is C13H19N3O2. The van der Waals surface area contributed by atoms with E-state index in [1.54, 1.807) is 13.1 Å². The SMILES string of the molecule is CNc1cc(NCCC2CCC2)cc([N+](=O)[O-])c1. The second-order valence-corrected chi connectivity index (χ2v) is 4.79. The van der Waals surface area contributed by atoms with Crippen LogP contribution in [0.15, 0.2) is 18.2 Å². The van der Waals surface area contributed by atoms with Gasteiger partial charge in [0.25, 0.3) is 5.69 Å². The number of benzene rings is 1. The van der Waals surface area contributed by atoms with Gasteiger partial charge in [-0.15, -0.1) is 0 Å². The number of hydrogen-bond donors (Lipinski definition) is 2. The van der Waals surface area contributed by atoms with Crippen LogP contribution in [0, 0.1) is 16.0 Å². The van der Waals surface area contributed by atoms with E-state index in [2.05, 4.69) is 10.6 Å². The maximum atomic E-state index is 10.8. The van der Waals surface area contributed by atoms with E-state index in [-0.39, 0.29) is 10.6 Å². The summed E-state index contributed by atoms with van der Waals surface area (Å²) in [5.41, 5.74) is 1.69. The van der Waals surface area contributed by atoms with E-state index < -0.39 is 0 Å². The Labute approximate surface area is 107 Å². The molecule has 18 heavy (non-hydrogen) atoms. The Bertz CT molecular complexity index is 430. The van der Waals surface area contributed by atoms with Crippen molar-refractivity contribution in [1.82, 2.24) is 0 Å². The lowest BCUT2D eigenvalue weighted by molar-refractivity contribution is -0.384. The van der Waals surface area contributed by atoms with Crippen LogP contribution >= 0.6 is 0 Å². The highest BCUT2D eigenvalue weighted by molar-refractivity contribution is 5.63. The molecule has 1 aliphatic carbocycles. The lowest BCUT2D eigenvalue weighted by Gasteiger charge is -2.25. The minimum Gasteiger partial charge on any atom is -0.388 e. The van der Waals surface area contributed by atoms with E-state index in [0.29, 0.717) is 0 Å². The van der Waals surface area contributed by atoms with E-state index in [1.807, 2.05) is 6.07 Å². The van der Waals surface area contributed by atoms with Crippen LogP contribution in [-0.4, -0.2) is 18.5 Å². The molecule has 1 aliphatic rings. The fourth-order valence-corrected chi connectivity index (χ4v) is 2.17. The van der Waals surface area contributed by atoms with E-state index in [4.69, 9.17) is 0 Å². The van der Waals surface area contributed by atoms with Crippen LogP contribution in [0.1, 0.15) is 25.7 Å². The van der Waals surface area contributed by atoms with Crippen molar-refractivity contribution in [1.29, 1.82) is 0 Å². The minimum absolute atomic E-state index is 0.119. The molecule has 0 aliphatic heterocycles. The topological polar surface area (TPSA) is 67.2 Å². The molecule has 1 aromatic carbocycles. The molecule has 0 bridgehead atoms. The van der Waals surface area contributed by atoms with Crippen molar-refractivity contribution in [3.8, 4) is 0 Å². The number of nitrogens with one attached hydrogen (secondary N) is 2. The molecule has 2 N–H and O–H groups in total. The highest BCUT2D eigenvalue weighted by atomic mass is 16.6. The maximum Gasteiger partial charge on any atom is 0.273 e. The van der Waals surface area contributed by atoms with Gasteiger partial charge >= 0.3 is 0 Å². The van der Waals surface area contributed by atoms with Gasteiger partial charge in [-0.25, -0.2) is 0 Å². The number of rotatable bonds is 6. The molecule has 0 saturated heterocycles. The van der Waals surface area contributed by atoms with Gasteiger partial charge in [0.1, 0.15) is 0 Å². The predicted molar refractivity (Wildman–Crippen MR) is 73.1 cm³/mol. The summed E-state index contributed by atoms with van der Waals surface area (Å²) in [6.45, 7) is 0.884. The standard InChI is InChI=1S/C13H19N3O2/c1-14-11-7-12(9-13(8-11)16(17)18)15-6-5-10-3-2-4-10/h7-10,14-15H,2-6H2,1H3. The average Bonchev–Trinajstić information content (AvgIpc) is 2.31. The fraction of sp³-hybridized carbons (Fsp3) is 0.538. The van der Waals surface area contributed by atoms with E-state index in [9.17, 15) is 10.1 Å². The molecule has 1 aromatic rings. The van der Waals surface area contributed by atoms with Crippen molar-refractivity contribution >= 4 is 17.1 Å². The summed E-state index contributed by atoms with van der Waals surface area (Å²) in [7, 11) is 1.76. The molecule has 98 valence electrons. The van der Waals surface area contributed by atoms with Crippen molar-refractivity contribution in [2.24, 2.45) is 5.92 Å². The van der Waals surface area contributed by atoms with Crippen LogP contribution in [-0.2, 0) is 0 Å². The van der Waals surface area contributed by atoms with Crippen molar-refractivity contribution in [3.63, 3.8) is 0 Å². The summed E-state index contributed by atoms with van der Waals surface area (Å²) in [6.07, 6.45) is 5.17. The van der Waals surface area contributed by atoms with E-state index in [0.717, 1.165) is 30.3 Å². The van der Waals surface area contributed by atoms with Gasteiger partial charge in [0.15, 0.2) is 0 Å². The van der Waals surface area contributed by atoms with Crippen LogP contribution in [0.2, 0.25) is 0 Å². The molecule has 0 unspecified atom stereocenters.